The van der Waals surface area contributed by atoms with E-state index in [1.54, 1.807) is 13.0 Å². The molecule has 5 heteroatoms. The van der Waals surface area contributed by atoms with Crippen molar-refractivity contribution in [1.29, 1.82) is 0 Å². The molecule has 3 rings (SSSR count). The standard InChI is InChI=1S/C14H17NO4/c1-9-4-5-18-13(9)14(17)19-8-10-6-12(16)15(7-10)11-2-3-11/h4-5,10-11H,2-3,6-8H2,1H3/t10-/m1/s1. The van der Waals surface area contributed by atoms with Crippen molar-refractivity contribution in [2.75, 3.05) is 13.2 Å². The third-order valence-electron chi connectivity index (χ3n) is 3.72. The molecule has 1 atom stereocenters. The normalized spacial score (nSPS) is 22.9. The number of esters is 1. The highest BCUT2D eigenvalue weighted by Crippen LogP contribution is 2.32. The Kier molecular flexibility index (Phi) is 3.05. The molecule has 19 heavy (non-hydrogen) atoms. The molecule has 0 aromatic carbocycles. The van der Waals surface area contributed by atoms with Crippen molar-refractivity contribution >= 4 is 11.9 Å². The number of carbonyl (C=O) groups is 2. The van der Waals surface area contributed by atoms with Crippen LogP contribution in [0, 0.1) is 12.8 Å². The van der Waals surface area contributed by atoms with E-state index in [9.17, 15) is 9.59 Å². The van der Waals surface area contributed by atoms with E-state index in [1.165, 1.54) is 6.26 Å². The average Bonchev–Trinajstić information content (AvgIpc) is 3.03. The zero-order valence-electron chi connectivity index (χ0n) is 10.9. The van der Waals surface area contributed by atoms with Crippen LogP contribution in [-0.4, -0.2) is 36.0 Å². The number of hydrogen-bond donors (Lipinski definition) is 0. The van der Waals surface area contributed by atoms with Crippen LogP contribution in [-0.2, 0) is 9.53 Å². The van der Waals surface area contributed by atoms with Crippen LogP contribution < -0.4 is 0 Å². The molecule has 2 heterocycles. The molecule has 102 valence electrons. The number of hydrogen-bond acceptors (Lipinski definition) is 4. The molecule has 1 aromatic heterocycles. The smallest absolute Gasteiger partial charge is 0.374 e. The fourth-order valence-electron chi connectivity index (χ4n) is 2.50. The number of amides is 1. The molecule has 0 unspecified atom stereocenters. The Morgan fingerprint density at radius 1 is 1.53 bits per heavy atom. The van der Waals surface area contributed by atoms with Crippen LogP contribution in [0.4, 0.5) is 0 Å². The Bertz CT molecular complexity index is 503. The molecule has 0 spiro atoms. The van der Waals surface area contributed by atoms with Gasteiger partial charge in [-0.3, -0.25) is 4.79 Å². The van der Waals surface area contributed by atoms with Crippen LogP contribution in [0.5, 0.6) is 0 Å². The third kappa shape index (κ3) is 2.50. The highest BCUT2D eigenvalue weighted by molar-refractivity contribution is 5.87. The van der Waals surface area contributed by atoms with E-state index in [-0.39, 0.29) is 24.2 Å². The maximum Gasteiger partial charge on any atom is 0.374 e. The molecule has 1 aliphatic carbocycles. The van der Waals surface area contributed by atoms with Crippen molar-refractivity contribution < 1.29 is 18.7 Å². The summed E-state index contributed by atoms with van der Waals surface area (Å²) >= 11 is 0. The monoisotopic (exact) mass is 263 g/mol. The van der Waals surface area contributed by atoms with Gasteiger partial charge in [0, 0.05) is 30.5 Å². The third-order valence-corrected chi connectivity index (χ3v) is 3.72. The van der Waals surface area contributed by atoms with Gasteiger partial charge in [0.2, 0.25) is 11.7 Å². The van der Waals surface area contributed by atoms with Gasteiger partial charge in [0.1, 0.15) is 0 Å². The minimum Gasteiger partial charge on any atom is -0.459 e. The van der Waals surface area contributed by atoms with E-state index in [0.717, 1.165) is 18.4 Å². The summed E-state index contributed by atoms with van der Waals surface area (Å²) in [6.07, 6.45) is 4.19. The Balaban J connectivity index is 1.52. The second-order valence-electron chi connectivity index (χ2n) is 5.38. The van der Waals surface area contributed by atoms with Crippen LogP contribution in [0.2, 0.25) is 0 Å². The number of aryl methyl sites for hydroxylation is 1. The zero-order chi connectivity index (χ0) is 13.4. The highest BCUT2D eigenvalue weighted by Gasteiger charge is 2.39. The summed E-state index contributed by atoms with van der Waals surface area (Å²) in [4.78, 5) is 25.5. The van der Waals surface area contributed by atoms with E-state index >= 15 is 0 Å². The van der Waals surface area contributed by atoms with Crippen LogP contribution in [0.3, 0.4) is 0 Å². The van der Waals surface area contributed by atoms with E-state index in [4.69, 9.17) is 9.15 Å². The van der Waals surface area contributed by atoms with E-state index in [0.29, 0.717) is 19.0 Å². The fourth-order valence-corrected chi connectivity index (χ4v) is 2.50. The van der Waals surface area contributed by atoms with Gasteiger partial charge >= 0.3 is 5.97 Å². The van der Waals surface area contributed by atoms with Gasteiger partial charge in [-0.25, -0.2) is 4.79 Å². The van der Waals surface area contributed by atoms with Gasteiger partial charge in [0.25, 0.3) is 0 Å². The second kappa shape index (κ2) is 4.72. The lowest BCUT2D eigenvalue weighted by Gasteiger charge is -2.15. The largest absolute Gasteiger partial charge is 0.459 e. The lowest BCUT2D eigenvalue weighted by molar-refractivity contribution is -0.128. The minimum atomic E-state index is -0.445. The molecule has 1 aliphatic heterocycles. The molecule has 5 nitrogen and oxygen atoms in total. The van der Waals surface area contributed by atoms with Gasteiger partial charge < -0.3 is 14.1 Å². The first-order valence-electron chi connectivity index (χ1n) is 6.66. The van der Waals surface area contributed by atoms with Crippen LogP contribution >= 0.6 is 0 Å². The van der Waals surface area contributed by atoms with Gasteiger partial charge in [-0.15, -0.1) is 0 Å². The molecular weight excluding hydrogens is 246 g/mol. The lowest BCUT2D eigenvalue weighted by Crippen LogP contribution is -2.27. The van der Waals surface area contributed by atoms with Crippen molar-refractivity contribution in [2.45, 2.75) is 32.2 Å². The van der Waals surface area contributed by atoms with Crippen molar-refractivity contribution in [3.05, 3.63) is 23.7 Å². The molecular formula is C14H17NO4. The summed E-state index contributed by atoms with van der Waals surface area (Å²) < 4.78 is 10.3. The van der Waals surface area contributed by atoms with Gasteiger partial charge in [0.05, 0.1) is 12.9 Å². The number of nitrogens with zero attached hydrogens (tertiary/aromatic N) is 1. The number of carbonyl (C=O) groups excluding carboxylic acids is 2. The molecule has 2 fully saturated rings. The van der Waals surface area contributed by atoms with Crippen molar-refractivity contribution in [2.24, 2.45) is 5.92 Å². The predicted octanol–water partition coefficient (Wildman–Crippen LogP) is 1.76. The van der Waals surface area contributed by atoms with Gasteiger partial charge in [0.15, 0.2) is 0 Å². The Hall–Kier alpha value is -1.78. The number of likely N-dealkylation sites (tertiary alicyclic amines) is 1. The summed E-state index contributed by atoms with van der Waals surface area (Å²) in [5.74, 6) is 0.119. The Labute approximate surface area is 111 Å². The maximum absolute atomic E-state index is 11.8. The minimum absolute atomic E-state index is 0.118. The van der Waals surface area contributed by atoms with Gasteiger partial charge in [-0.2, -0.15) is 0 Å². The first kappa shape index (κ1) is 12.3. The second-order valence-corrected chi connectivity index (χ2v) is 5.38. The van der Waals surface area contributed by atoms with Gasteiger partial charge in [-0.05, 0) is 25.8 Å². The summed E-state index contributed by atoms with van der Waals surface area (Å²) in [5, 5.41) is 0. The van der Waals surface area contributed by atoms with Crippen molar-refractivity contribution in [1.82, 2.24) is 4.90 Å². The Morgan fingerprint density at radius 2 is 2.32 bits per heavy atom. The number of ether oxygens (including phenoxy) is 1. The molecule has 1 saturated carbocycles. The molecule has 2 aliphatic rings. The summed E-state index contributed by atoms with van der Waals surface area (Å²) in [5.41, 5.74) is 0.770. The average molecular weight is 263 g/mol. The highest BCUT2D eigenvalue weighted by atomic mass is 16.5. The maximum atomic E-state index is 11.8. The van der Waals surface area contributed by atoms with Crippen molar-refractivity contribution in [3.8, 4) is 0 Å². The number of rotatable bonds is 4. The van der Waals surface area contributed by atoms with Gasteiger partial charge in [-0.1, -0.05) is 0 Å². The summed E-state index contributed by atoms with van der Waals surface area (Å²) in [6, 6.07) is 2.17. The quantitative estimate of drug-likeness (QED) is 0.777. The zero-order valence-corrected chi connectivity index (χ0v) is 10.9. The Morgan fingerprint density at radius 3 is 2.95 bits per heavy atom. The van der Waals surface area contributed by atoms with E-state index in [2.05, 4.69) is 0 Å². The first-order chi connectivity index (χ1) is 9.15. The lowest BCUT2D eigenvalue weighted by atomic mass is 10.1. The summed E-state index contributed by atoms with van der Waals surface area (Å²) in [6.45, 7) is 2.80. The summed E-state index contributed by atoms with van der Waals surface area (Å²) in [7, 11) is 0. The van der Waals surface area contributed by atoms with Crippen LogP contribution in [0.25, 0.3) is 0 Å². The topological polar surface area (TPSA) is 59.8 Å². The fraction of sp³-hybridized carbons (Fsp3) is 0.571. The van der Waals surface area contributed by atoms with E-state index in [1.807, 2.05) is 4.90 Å². The SMILES string of the molecule is Cc1ccoc1C(=O)OC[C@@H]1CC(=O)N(C2CC2)C1. The predicted molar refractivity (Wildman–Crippen MR) is 66.6 cm³/mol. The molecule has 1 amide bonds. The van der Waals surface area contributed by atoms with Crippen LogP contribution in [0.1, 0.15) is 35.4 Å². The van der Waals surface area contributed by atoms with Crippen LogP contribution in [0.15, 0.2) is 16.7 Å². The van der Waals surface area contributed by atoms with E-state index < -0.39 is 5.97 Å². The molecule has 1 aromatic rings. The number of furan rings is 1. The molecule has 0 bridgehead atoms. The molecule has 0 N–H and O–H groups in total. The first-order valence-corrected chi connectivity index (χ1v) is 6.66. The van der Waals surface area contributed by atoms with Crippen molar-refractivity contribution in [3.63, 3.8) is 0 Å². The molecule has 1 saturated heterocycles. The molecule has 0 radical (unpaired) electrons.